The Hall–Kier alpha value is -4.18. The number of H-pyrrole nitrogens is 1. The number of rotatable bonds is 6. The molecule has 0 saturated heterocycles. The number of aromatic nitrogens is 1. The zero-order valence-electron chi connectivity index (χ0n) is 19.2. The lowest BCUT2D eigenvalue weighted by Gasteiger charge is -2.26. The van der Waals surface area contributed by atoms with Gasteiger partial charge in [-0.15, -0.1) is 0 Å². The van der Waals surface area contributed by atoms with Crippen LogP contribution in [0.2, 0.25) is 0 Å². The molecule has 6 rings (SSSR count). The fourth-order valence-electron chi connectivity index (χ4n) is 4.26. The number of benzene rings is 2. The van der Waals surface area contributed by atoms with Crippen molar-refractivity contribution < 1.29 is 23.4 Å². The van der Waals surface area contributed by atoms with Crippen molar-refractivity contribution in [3.05, 3.63) is 82.0 Å². The Labute approximate surface area is 211 Å². The van der Waals surface area contributed by atoms with Crippen LogP contribution in [0.25, 0.3) is 10.9 Å². The lowest BCUT2D eigenvalue weighted by atomic mass is 10.1. The predicted octanol–water partition coefficient (Wildman–Crippen LogP) is 3.70. The molecule has 4 heterocycles. The van der Waals surface area contributed by atoms with Crippen molar-refractivity contribution in [2.45, 2.75) is 19.6 Å². The average molecular weight is 506 g/mol. The third kappa shape index (κ3) is 4.55. The van der Waals surface area contributed by atoms with Crippen molar-refractivity contribution >= 4 is 28.2 Å². The summed E-state index contributed by atoms with van der Waals surface area (Å²) in [5, 5.41) is 4.58. The molecule has 0 radical (unpaired) electrons. The first kappa shape index (κ1) is 22.3. The number of hydrogen-bond donors (Lipinski definition) is 2. The van der Waals surface area contributed by atoms with Crippen LogP contribution in [-0.2, 0) is 19.6 Å². The number of thiocarbonyl (C=S) groups is 1. The maximum absolute atomic E-state index is 13.0. The van der Waals surface area contributed by atoms with E-state index in [2.05, 4.69) is 10.3 Å². The summed E-state index contributed by atoms with van der Waals surface area (Å²) in [6.07, 6.45) is 1.62. The SMILES string of the molecule is O=c1[nH]c2cc3c(cc2cc1CN(Cc1ccc2c(c1)OCO2)C(=S)NCc1ccco1)OCCO3. The number of aromatic amines is 1. The Balaban J connectivity index is 1.29. The molecular weight excluding hydrogens is 482 g/mol. The second-order valence-electron chi connectivity index (χ2n) is 8.49. The van der Waals surface area contributed by atoms with Gasteiger partial charge in [0.15, 0.2) is 28.1 Å². The van der Waals surface area contributed by atoms with E-state index in [1.54, 1.807) is 12.3 Å². The van der Waals surface area contributed by atoms with Gasteiger partial charge in [0, 0.05) is 23.6 Å². The maximum atomic E-state index is 13.0. The van der Waals surface area contributed by atoms with Crippen molar-refractivity contribution in [2.24, 2.45) is 0 Å². The fraction of sp³-hybridized carbons (Fsp3) is 0.231. The van der Waals surface area contributed by atoms with Gasteiger partial charge in [0.1, 0.15) is 19.0 Å². The Morgan fingerprint density at radius 1 is 0.944 bits per heavy atom. The zero-order chi connectivity index (χ0) is 24.5. The molecule has 0 amide bonds. The molecule has 184 valence electrons. The zero-order valence-corrected chi connectivity index (χ0v) is 20.1. The molecule has 2 aliphatic heterocycles. The van der Waals surface area contributed by atoms with Gasteiger partial charge in [-0.2, -0.15) is 0 Å². The van der Waals surface area contributed by atoms with Crippen molar-refractivity contribution in [1.82, 2.24) is 15.2 Å². The van der Waals surface area contributed by atoms with E-state index in [0.29, 0.717) is 65.5 Å². The summed E-state index contributed by atoms with van der Waals surface area (Å²) in [5.41, 5.74) is 2.04. The number of fused-ring (bicyclic) bond motifs is 3. The van der Waals surface area contributed by atoms with Gasteiger partial charge in [-0.05, 0) is 54.2 Å². The first-order valence-corrected chi connectivity index (χ1v) is 11.9. The van der Waals surface area contributed by atoms with Gasteiger partial charge in [0.25, 0.3) is 5.56 Å². The first-order chi connectivity index (χ1) is 17.6. The number of nitrogens with zero attached hydrogens (tertiary/aromatic N) is 1. The van der Waals surface area contributed by atoms with E-state index in [1.165, 1.54) is 0 Å². The molecule has 0 spiro atoms. The molecule has 2 aromatic carbocycles. The van der Waals surface area contributed by atoms with E-state index in [9.17, 15) is 4.79 Å². The van der Waals surface area contributed by atoms with Gasteiger partial charge in [0.05, 0.1) is 24.9 Å². The highest BCUT2D eigenvalue weighted by Gasteiger charge is 2.19. The third-order valence-corrected chi connectivity index (χ3v) is 6.44. The summed E-state index contributed by atoms with van der Waals surface area (Å²) >= 11 is 5.73. The van der Waals surface area contributed by atoms with Gasteiger partial charge in [-0.1, -0.05) is 6.07 Å². The fourth-order valence-corrected chi connectivity index (χ4v) is 4.46. The standard InChI is InChI=1S/C26H23N3O6S/c30-25-18(9-17-10-23-24(11-20(17)28-25)33-7-6-32-23)14-29(26(36)27-12-19-2-1-5-31-19)13-16-3-4-21-22(8-16)35-15-34-21/h1-5,8-11H,6-7,12-15H2,(H,27,36)(H,28,30). The van der Waals surface area contributed by atoms with Crippen LogP contribution in [0.15, 0.2) is 64.0 Å². The highest BCUT2D eigenvalue weighted by molar-refractivity contribution is 7.80. The first-order valence-electron chi connectivity index (χ1n) is 11.5. The summed E-state index contributed by atoms with van der Waals surface area (Å²) in [6, 6.07) is 15.0. The van der Waals surface area contributed by atoms with E-state index in [0.717, 1.165) is 16.7 Å². The largest absolute Gasteiger partial charge is 0.486 e. The molecule has 9 nitrogen and oxygen atoms in total. The topological polar surface area (TPSA) is 98.2 Å². The van der Waals surface area contributed by atoms with Crippen molar-refractivity contribution in [1.29, 1.82) is 0 Å². The number of nitrogens with one attached hydrogen (secondary N) is 2. The van der Waals surface area contributed by atoms with Crippen LogP contribution in [0.5, 0.6) is 23.0 Å². The third-order valence-electron chi connectivity index (χ3n) is 6.04. The maximum Gasteiger partial charge on any atom is 0.253 e. The average Bonchev–Trinajstić information content (AvgIpc) is 3.58. The molecule has 0 atom stereocenters. The summed E-state index contributed by atoms with van der Waals surface area (Å²) in [4.78, 5) is 17.9. The minimum absolute atomic E-state index is 0.191. The van der Waals surface area contributed by atoms with Gasteiger partial charge in [-0.3, -0.25) is 4.79 Å². The van der Waals surface area contributed by atoms with Crippen molar-refractivity contribution in [3.8, 4) is 23.0 Å². The van der Waals surface area contributed by atoms with E-state index < -0.39 is 0 Å². The van der Waals surface area contributed by atoms with Crippen LogP contribution in [-0.4, -0.2) is 35.0 Å². The van der Waals surface area contributed by atoms with Crippen LogP contribution < -0.4 is 29.8 Å². The lowest BCUT2D eigenvalue weighted by Crippen LogP contribution is -2.39. The minimum atomic E-state index is -0.191. The highest BCUT2D eigenvalue weighted by atomic mass is 32.1. The number of furan rings is 1. The molecule has 0 unspecified atom stereocenters. The summed E-state index contributed by atoms with van der Waals surface area (Å²) in [5.74, 6) is 3.46. The predicted molar refractivity (Wildman–Crippen MR) is 136 cm³/mol. The van der Waals surface area contributed by atoms with Gasteiger partial charge < -0.3 is 38.6 Å². The lowest BCUT2D eigenvalue weighted by molar-refractivity contribution is 0.172. The van der Waals surface area contributed by atoms with Gasteiger partial charge >= 0.3 is 0 Å². The highest BCUT2D eigenvalue weighted by Crippen LogP contribution is 2.34. The van der Waals surface area contributed by atoms with Crippen LogP contribution in [0.4, 0.5) is 0 Å². The number of ether oxygens (including phenoxy) is 4. The monoisotopic (exact) mass is 505 g/mol. The van der Waals surface area contributed by atoms with Crippen LogP contribution in [0.1, 0.15) is 16.9 Å². The molecular formula is C26H23N3O6S. The molecule has 10 heteroatoms. The quantitative estimate of drug-likeness (QED) is 0.380. The van der Waals surface area contributed by atoms with E-state index in [4.69, 9.17) is 35.6 Å². The number of pyridine rings is 1. The van der Waals surface area contributed by atoms with E-state index in [-0.39, 0.29) is 18.9 Å². The summed E-state index contributed by atoms with van der Waals surface area (Å²) in [7, 11) is 0. The second kappa shape index (κ2) is 9.46. The second-order valence-corrected chi connectivity index (χ2v) is 8.88. The number of hydrogen-bond acceptors (Lipinski definition) is 7. The molecule has 36 heavy (non-hydrogen) atoms. The molecule has 0 fully saturated rings. The van der Waals surface area contributed by atoms with Crippen LogP contribution in [0, 0.1) is 0 Å². The molecule has 0 aliphatic carbocycles. The molecule has 2 aliphatic rings. The van der Waals surface area contributed by atoms with Gasteiger partial charge in [-0.25, -0.2) is 0 Å². The molecule has 0 saturated carbocycles. The normalized spacial score (nSPS) is 13.6. The van der Waals surface area contributed by atoms with Crippen LogP contribution in [0.3, 0.4) is 0 Å². The Kier molecular flexibility index (Phi) is 5.86. The Morgan fingerprint density at radius 3 is 2.58 bits per heavy atom. The molecule has 0 bridgehead atoms. The summed E-state index contributed by atoms with van der Waals surface area (Å²) in [6.45, 7) is 2.36. The summed E-state index contributed by atoms with van der Waals surface area (Å²) < 4.78 is 27.7. The Bertz CT molecular complexity index is 1480. The van der Waals surface area contributed by atoms with E-state index >= 15 is 0 Å². The van der Waals surface area contributed by atoms with Crippen molar-refractivity contribution in [3.63, 3.8) is 0 Å². The van der Waals surface area contributed by atoms with Crippen molar-refractivity contribution in [2.75, 3.05) is 20.0 Å². The molecule has 2 aromatic heterocycles. The van der Waals surface area contributed by atoms with E-state index in [1.807, 2.05) is 47.4 Å². The Morgan fingerprint density at radius 2 is 1.75 bits per heavy atom. The molecule has 4 aromatic rings. The smallest absolute Gasteiger partial charge is 0.253 e. The molecule has 2 N–H and O–H groups in total. The minimum Gasteiger partial charge on any atom is -0.486 e. The van der Waals surface area contributed by atoms with Gasteiger partial charge in [0.2, 0.25) is 6.79 Å². The van der Waals surface area contributed by atoms with Crippen LogP contribution >= 0.6 is 12.2 Å².